The molecule has 0 saturated carbocycles. The molecule has 0 aromatic heterocycles. The summed E-state index contributed by atoms with van der Waals surface area (Å²) in [5, 5.41) is 0. The third-order valence-electron chi connectivity index (χ3n) is 3.30. The van der Waals surface area contributed by atoms with Crippen LogP contribution in [0.25, 0.3) is 0 Å². The number of methoxy groups -OCH3 is 1. The zero-order valence-corrected chi connectivity index (χ0v) is 12.2. The Labute approximate surface area is 114 Å². The minimum atomic E-state index is -0.287. The monoisotopic (exact) mass is 267 g/mol. The Kier molecular flexibility index (Phi) is 5.48. The number of ether oxygens (including phenoxy) is 1. The van der Waals surface area contributed by atoms with Gasteiger partial charge in [-0.15, -0.1) is 0 Å². The third-order valence-corrected chi connectivity index (χ3v) is 3.30. The van der Waals surface area contributed by atoms with E-state index in [-0.39, 0.29) is 29.7 Å². The molecular formula is C15H22FNO2. The lowest BCUT2D eigenvalue weighted by Crippen LogP contribution is -2.36. The Balaban J connectivity index is 3.17. The lowest BCUT2D eigenvalue weighted by Gasteiger charge is -2.33. The molecule has 0 N–H and O–H groups in total. The minimum absolute atomic E-state index is 0.130. The number of carbonyl (C=O) groups excluding carboxylic acids is 1. The highest BCUT2D eigenvalue weighted by atomic mass is 19.1. The van der Waals surface area contributed by atoms with E-state index in [0.29, 0.717) is 0 Å². The predicted molar refractivity (Wildman–Crippen MR) is 73.2 cm³/mol. The highest BCUT2D eigenvalue weighted by molar-refractivity contribution is 5.73. The van der Waals surface area contributed by atoms with Crippen molar-refractivity contribution in [3.63, 3.8) is 0 Å². The zero-order chi connectivity index (χ0) is 14.6. The highest BCUT2D eigenvalue weighted by Gasteiger charge is 2.34. The van der Waals surface area contributed by atoms with Gasteiger partial charge in [-0.2, -0.15) is 0 Å². The molecule has 0 aliphatic heterocycles. The average Bonchev–Trinajstić information content (AvgIpc) is 2.35. The fraction of sp³-hybridized carbons (Fsp3) is 0.533. The Bertz CT molecular complexity index is 415. The molecule has 1 aromatic rings. The van der Waals surface area contributed by atoms with Crippen LogP contribution in [0.4, 0.5) is 4.39 Å². The van der Waals surface area contributed by atoms with Crippen LogP contribution in [0.5, 0.6) is 0 Å². The van der Waals surface area contributed by atoms with Gasteiger partial charge in [-0.3, -0.25) is 4.79 Å². The number of nitrogens with zero attached hydrogens (tertiary/aromatic N) is 1. The molecule has 0 aliphatic rings. The van der Waals surface area contributed by atoms with Crippen LogP contribution in [-0.2, 0) is 9.53 Å². The molecule has 0 heterocycles. The normalized spacial score (nSPS) is 14.5. The molecule has 0 spiro atoms. The second-order valence-electron chi connectivity index (χ2n) is 5.25. The Morgan fingerprint density at radius 2 is 1.74 bits per heavy atom. The topological polar surface area (TPSA) is 29.5 Å². The first kappa shape index (κ1) is 15.6. The van der Waals surface area contributed by atoms with E-state index in [1.807, 2.05) is 32.8 Å². The lowest BCUT2D eigenvalue weighted by molar-refractivity contribution is -0.149. The molecular weight excluding hydrogens is 245 g/mol. The number of rotatable bonds is 5. The summed E-state index contributed by atoms with van der Waals surface area (Å²) in [6, 6.07) is 6.14. The van der Waals surface area contributed by atoms with E-state index < -0.39 is 0 Å². The first-order valence-corrected chi connectivity index (χ1v) is 6.38. The second kappa shape index (κ2) is 6.66. The van der Waals surface area contributed by atoms with E-state index in [9.17, 15) is 9.18 Å². The SMILES string of the molecule is COC(=O)C(C(C)C)C(c1ccc(F)cc1)N(C)C. The van der Waals surface area contributed by atoms with Crippen molar-refractivity contribution in [1.82, 2.24) is 4.90 Å². The van der Waals surface area contributed by atoms with Crippen molar-refractivity contribution in [3.05, 3.63) is 35.6 Å². The van der Waals surface area contributed by atoms with E-state index >= 15 is 0 Å². The van der Waals surface area contributed by atoms with Gasteiger partial charge in [0.1, 0.15) is 5.82 Å². The van der Waals surface area contributed by atoms with E-state index in [2.05, 4.69) is 0 Å². The number of halogens is 1. The summed E-state index contributed by atoms with van der Waals surface area (Å²) >= 11 is 0. The van der Waals surface area contributed by atoms with Crippen LogP contribution in [0.1, 0.15) is 25.5 Å². The van der Waals surface area contributed by atoms with E-state index in [1.54, 1.807) is 12.1 Å². The van der Waals surface area contributed by atoms with Gasteiger partial charge in [-0.1, -0.05) is 26.0 Å². The molecule has 0 saturated heterocycles. The van der Waals surface area contributed by atoms with Crippen molar-refractivity contribution < 1.29 is 13.9 Å². The fourth-order valence-electron chi connectivity index (χ4n) is 2.39. The Morgan fingerprint density at radius 1 is 1.21 bits per heavy atom. The van der Waals surface area contributed by atoms with Gasteiger partial charge in [0.25, 0.3) is 0 Å². The van der Waals surface area contributed by atoms with Gasteiger partial charge in [-0.25, -0.2) is 4.39 Å². The molecule has 0 aliphatic carbocycles. The molecule has 106 valence electrons. The third kappa shape index (κ3) is 3.77. The van der Waals surface area contributed by atoms with Crippen LogP contribution in [0.3, 0.4) is 0 Å². The molecule has 2 unspecified atom stereocenters. The summed E-state index contributed by atoms with van der Waals surface area (Å²) in [6.07, 6.45) is 0. The van der Waals surface area contributed by atoms with Crippen LogP contribution in [0.15, 0.2) is 24.3 Å². The fourth-order valence-corrected chi connectivity index (χ4v) is 2.39. The van der Waals surface area contributed by atoms with Gasteiger partial charge in [0.2, 0.25) is 0 Å². The number of esters is 1. The first-order valence-electron chi connectivity index (χ1n) is 6.38. The molecule has 0 fully saturated rings. The van der Waals surface area contributed by atoms with Gasteiger partial charge in [0.15, 0.2) is 0 Å². The van der Waals surface area contributed by atoms with Crippen LogP contribution < -0.4 is 0 Å². The van der Waals surface area contributed by atoms with Gasteiger partial charge in [0.05, 0.1) is 13.0 Å². The standard InChI is InChI=1S/C15H22FNO2/c1-10(2)13(15(18)19-5)14(17(3)4)11-6-8-12(16)9-7-11/h6-10,13-14H,1-5H3. The summed E-state index contributed by atoms with van der Waals surface area (Å²) in [4.78, 5) is 14.0. The number of carbonyl (C=O) groups is 1. The summed E-state index contributed by atoms with van der Waals surface area (Å²) in [5.41, 5.74) is 0.913. The Morgan fingerprint density at radius 3 is 2.11 bits per heavy atom. The van der Waals surface area contributed by atoms with Crippen molar-refractivity contribution in [3.8, 4) is 0 Å². The first-order chi connectivity index (χ1) is 8.88. The van der Waals surface area contributed by atoms with Crippen LogP contribution in [0, 0.1) is 17.7 Å². The smallest absolute Gasteiger partial charge is 0.310 e. The van der Waals surface area contributed by atoms with Crippen molar-refractivity contribution in [2.45, 2.75) is 19.9 Å². The van der Waals surface area contributed by atoms with Gasteiger partial charge in [-0.05, 0) is 37.7 Å². The largest absolute Gasteiger partial charge is 0.469 e. The van der Waals surface area contributed by atoms with Crippen LogP contribution >= 0.6 is 0 Å². The summed E-state index contributed by atoms with van der Waals surface area (Å²) < 4.78 is 17.9. The van der Waals surface area contributed by atoms with Gasteiger partial charge >= 0.3 is 5.97 Å². The van der Waals surface area contributed by atoms with Crippen LogP contribution in [-0.4, -0.2) is 32.1 Å². The van der Waals surface area contributed by atoms with E-state index in [1.165, 1.54) is 19.2 Å². The zero-order valence-electron chi connectivity index (χ0n) is 12.2. The van der Waals surface area contributed by atoms with Gasteiger partial charge < -0.3 is 9.64 Å². The van der Waals surface area contributed by atoms with Gasteiger partial charge in [0, 0.05) is 6.04 Å². The van der Waals surface area contributed by atoms with Crippen molar-refractivity contribution >= 4 is 5.97 Å². The molecule has 0 amide bonds. The van der Waals surface area contributed by atoms with Crippen molar-refractivity contribution in [2.75, 3.05) is 21.2 Å². The maximum absolute atomic E-state index is 13.0. The molecule has 1 rings (SSSR count). The molecule has 0 radical (unpaired) electrons. The van der Waals surface area contributed by atoms with Crippen molar-refractivity contribution in [1.29, 1.82) is 0 Å². The lowest BCUT2D eigenvalue weighted by atomic mass is 9.84. The van der Waals surface area contributed by atoms with Crippen molar-refractivity contribution in [2.24, 2.45) is 11.8 Å². The summed E-state index contributed by atoms with van der Waals surface area (Å²) in [7, 11) is 5.22. The minimum Gasteiger partial charge on any atom is -0.469 e. The molecule has 1 aromatic carbocycles. The molecule has 0 bridgehead atoms. The molecule has 3 nitrogen and oxygen atoms in total. The number of benzene rings is 1. The molecule has 4 heteroatoms. The summed E-state index contributed by atoms with van der Waals surface area (Å²) in [5.74, 6) is -0.672. The average molecular weight is 267 g/mol. The highest BCUT2D eigenvalue weighted by Crippen LogP contribution is 2.33. The maximum Gasteiger partial charge on any atom is 0.310 e. The van der Waals surface area contributed by atoms with E-state index in [4.69, 9.17) is 4.74 Å². The Hall–Kier alpha value is -1.42. The summed E-state index contributed by atoms with van der Waals surface area (Å²) in [6.45, 7) is 3.98. The quantitative estimate of drug-likeness (QED) is 0.768. The molecule has 19 heavy (non-hydrogen) atoms. The van der Waals surface area contributed by atoms with Crippen LogP contribution in [0.2, 0.25) is 0 Å². The molecule has 2 atom stereocenters. The maximum atomic E-state index is 13.0. The second-order valence-corrected chi connectivity index (χ2v) is 5.25. The number of hydrogen-bond donors (Lipinski definition) is 0. The number of hydrogen-bond acceptors (Lipinski definition) is 3. The van der Waals surface area contributed by atoms with E-state index in [0.717, 1.165) is 5.56 Å². The predicted octanol–water partition coefficient (Wildman–Crippen LogP) is 2.87.